The van der Waals surface area contributed by atoms with Gasteiger partial charge >= 0.3 is 6.03 Å². The number of aliphatic hydroxyl groups excluding tert-OH is 1. The van der Waals surface area contributed by atoms with Gasteiger partial charge in [-0.2, -0.15) is 4.31 Å². The van der Waals surface area contributed by atoms with Gasteiger partial charge in [0.05, 0.1) is 18.6 Å². The second-order valence-electron chi connectivity index (χ2n) is 11.6. The highest BCUT2D eigenvalue weighted by Gasteiger charge is 2.32. The number of hydrogen-bond acceptors (Lipinski definition) is 8. The minimum absolute atomic E-state index is 0.110. The lowest BCUT2D eigenvalue weighted by atomic mass is 10.1. The lowest BCUT2D eigenvalue weighted by Crippen LogP contribution is -2.44. The lowest BCUT2D eigenvalue weighted by Gasteiger charge is -2.32. The van der Waals surface area contributed by atoms with Crippen molar-refractivity contribution in [3.8, 4) is 17.2 Å². The van der Waals surface area contributed by atoms with Crippen LogP contribution in [0.5, 0.6) is 17.2 Å². The van der Waals surface area contributed by atoms with E-state index in [0.717, 1.165) is 23.3 Å². The standard InChI is InChI=1S/C34H46N4O7S/c1-4-25(2)20-38(46(41,42)31-15-11-28(35)12-16-31)29(23-39)7-5-6-18-36-34(40)37(21-26-8-13-30(43-3)14-9-26)22-27-10-17-32-33(19-27)45-24-44-32/h8-17,19,25,29,39H,4-7,18,20-24,35H2,1-3H3,(H,36,40)/t25?,29-/m0/s1. The number of urea groups is 1. The predicted octanol–water partition coefficient (Wildman–Crippen LogP) is 4.99. The van der Waals surface area contributed by atoms with Crippen molar-refractivity contribution in [2.75, 3.05) is 39.3 Å². The summed E-state index contributed by atoms with van der Waals surface area (Å²) in [4.78, 5) is 15.3. The number of benzene rings is 3. The number of carbonyl (C=O) groups is 1. The minimum Gasteiger partial charge on any atom is -0.497 e. The molecule has 46 heavy (non-hydrogen) atoms. The van der Waals surface area contributed by atoms with E-state index in [0.29, 0.717) is 62.6 Å². The minimum atomic E-state index is -3.85. The number of sulfonamides is 1. The van der Waals surface area contributed by atoms with Crippen molar-refractivity contribution < 1.29 is 32.5 Å². The first-order chi connectivity index (χ1) is 22.1. The van der Waals surface area contributed by atoms with Crippen LogP contribution in [0.4, 0.5) is 10.5 Å². The Kier molecular flexibility index (Phi) is 12.5. The highest BCUT2D eigenvalue weighted by molar-refractivity contribution is 7.89. The van der Waals surface area contributed by atoms with Gasteiger partial charge in [0, 0.05) is 37.9 Å². The van der Waals surface area contributed by atoms with Crippen LogP contribution in [0.2, 0.25) is 0 Å². The summed E-state index contributed by atoms with van der Waals surface area (Å²) in [7, 11) is -2.24. The number of nitrogens with zero attached hydrogens (tertiary/aromatic N) is 2. The van der Waals surface area contributed by atoms with Gasteiger partial charge in [0.15, 0.2) is 11.5 Å². The lowest BCUT2D eigenvalue weighted by molar-refractivity contribution is 0.165. The molecule has 0 saturated carbocycles. The summed E-state index contributed by atoms with van der Waals surface area (Å²) < 4.78 is 44.9. The zero-order chi connectivity index (χ0) is 33.1. The number of nitrogen functional groups attached to an aromatic ring is 1. The molecule has 4 N–H and O–H groups in total. The number of aliphatic hydroxyl groups is 1. The third-order valence-corrected chi connectivity index (χ3v) is 10.1. The third-order valence-electron chi connectivity index (χ3n) is 8.16. The number of unbranched alkanes of at least 4 members (excludes halogenated alkanes) is 1. The Morgan fingerprint density at radius 1 is 1.00 bits per heavy atom. The summed E-state index contributed by atoms with van der Waals surface area (Å²) in [6.45, 7) is 5.31. The van der Waals surface area contributed by atoms with E-state index in [1.54, 1.807) is 24.1 Å². The summed E-state index contributed by atoms with van der Waals surface area (Å²) in [5.74, 6) is 2.18. The van der Waals surface area contributed by atoms with E-state index >= 15 is 0 Å². The second-order valence-corrected chi connectivity index (χ2v) is 13.5. The average molecular weight is 655 g/mol. The summed E-state index contributed by atoms with van der Waals surface area (Å²) in [5, 5.41) is 13.3. The van der Waals surface area contributed by atoms with Crippen LogP contribution in [0.25, 0.3) is 0 Å². The Morgan fingerprint density at radius 2 is 1.67 bits per heavy atom. The summed E-state index contributed by atoms with van der Waals surface area (Å²) in [6.07, 6.45) is 2.48. The smallest absolute Gasteiger partial charge is 0.318 e. The number of carbonyl (C=O) groups excluding carboxylic acids is 1. The van der Waals surface area contributed by atoms with Crippen LogP contribution in [0.15, 0.2) is 71.6 Å². The number of anilines is 1. The molecule has 4 rings (SSSR count). The molecule has 0 saturated heterocycles. The maximum atomic E-state index is 13.6. The van der Waals surface area contributed by atoms with Crippen molar-refractivity contribution in [1.82, 2.24) is 14.5 Å². The van der Waals surface area contributed by atoms with Gasteiger partial charge < -0.3 is 35.3 Å². The predicted molar refractivity (Wildman–Crippen MR) is 177 cm³/mol. The Hall–Kier alpha value is -4.00. The fourth-order valence-electron chi connectivity index (χ4n) is 5.20. The van der Waals surface area contributed by atoms with Crippen LogP contribution in [0.3, 0.4) is 0 Å². The van der Waals surface area contributed by atoms with E-state index < -0.39 is 16.1 Å². The van der Waals surface area contributed by atoms with Crippen molar-refractivity contribution in [2.45, 2.75) is 63.6 Å². The largest absolute Gasteiger partial charge is 0.497 e. The fourth-order valence-corrected chi connectivity index (χ4v) is 6.97. The van der Waals surface area contributed by atoms with E-state index in [2.05, 4.69) is 5.32 Å². The number of methoxy groups -OCH3 is 1. The molecule has 12 heteroatoms. The Balaban J connectivity index is 1.37. The molecule has 0 spiro atoms. The maximum Gasteiger partial charge on any atom is 0.318 e. The third kappa shape index (κ3) is 9.27. The highest BCUT2D eigenvalue weighted by Crippen LogP contribution is 2.33. The van der Waals surface area contributed by atoms with Crippen LogP contribution in [0, 0.1) is 5.92 Å². The molecule has 3 aromatic carbocycles. The maximum absolute atomic E-state index is 13.6. The number of nitrogens with two attached hydrogens (primary N) is 1. The first-order valence-corrected chi connectivity index (χ1v) is 17.1. The van der Waals surface area contributed by atoms with E-state index in [9.17, 15) is 18.3 Å². The topological polar surface area (TPSA) is 144 Å². The van der Waals surface area contributed by atoms with Gasteiger partial charge in [-0.05, 0) is 78.4 Å². The Bertz CT molecular complexity index is 1520. The van der Waals surface area contributed by atoms with Crippen LogP contribution in [-0.4, -0.2) is 68.4 Å². The molecule has 2 amide bonds. The molecule has 0 aliphatic carbocycles. The molecule has 250 valence electrons. The van der Waals surface area contributed by atoms with Crippen molar-refractivity contribution >= 4 is 21.7 Å². The van der Waals surface area contributed by atoms with E-state index in [-0.39, 0.29) is 30.2 Å². The number of amides is 2. The van der Waals surface area contributed by atoms with Gasteiger partial charge in [0.25, 0.3) is 0 Å². The van der Waals surface area contributed by atoms with Gasteiger partial charge in [0.1, 0.15) is 5.75 Å². The normalized spacial score (nSPS) is 13.8. The number of nitrogens with one attached hydrogen (secondary N) is 1. The zero-order valence-electron chi connectivity index (χ0n) is 26.9. The monoisotopic (exact) mass is 654 g/mol. The van der Waals surface area contributed by atoms with Crippen LogP contribution in [-0.2, 0) is 23.1 Å². The van der Waals surface area contributed by atoms with Gasteiger partial charge in [-0.1, -0.05) is 44.9 Å². The molecule has 1 heterocycles. The van der Waals surface area contributed by atoms with Crippen LogP contribution < -0.4 is 25.3 Å². The van der Waals surface area contributed by atoms with Crippen molar-refractivity contribution in [3.63, 3.8) is 0 Å². The van der Waals surface area contributed by atoms with Gasteiger partial charge in [-0.25, -0.2) is 13.2 Å². The number of rotatable bonds is 17. The molecule has 0 bridgehead atoms. The SMILES string of the molecule is CCC(C)CN([C@H](CO)CCCCNC(=O)N(Cc1ccc(OC)cc1)Cc1ccc2c(c1)OCO2)S(=O)(=O)c1ccc(N)cc1. The molecule has 1 aliphatic heterocycles. The molecule has 1 unspecified atom stereocenters. The van der Waals surface area contributed by atoms with Gasteiger partial charge in [-0.3, -0.25) is 0 Å². The van der Waals surface area contributed by atoms with Gasteiger partial charge in [-0.15, -0.1) is 0 Å². The van der Waals surface area contributed by atoms with Crippen molar-refractivity contribution in [2.24, 2.45) is 5.92 Å². The second kappa shape index (κ2) is 16.5. The number of hydrogen-bond donors (Lipinski definition) is 3. The molecule has 3 aromatic rings. The fraction of sp³-hybridized carbons (Fsp3) is 0.441. The summed E-state index contributed by atoms with van der Waals surface area (Å²) >= 11 is 0. The molecule has 2 atom stereocenters. The molecule has 0 aromatic heterocycles. The number of ether oxygens (including phenoxy) is 3. The molecule has 0 radical (unpaired) electrons. The molecule has 0 fully saturated rings. The zero-order valence-corrected chi connectivity index (χ0v) is 27.7. The average Bonchev–Trinajstić information content (AvgIpc) is 3.53. The summed E-state index contributed by atoms with van der Waals surface area (Å²) in [6, 6.07) is 18.5. The van der Waals surface area contributed by atoms with Gasteiger partial charge in [0.2, 0.25) is 16.8 Å². The quantitative estimate of drug-likeness (QED) is 0.137. The van der Waals surface area contributed by atoms with E-state index in [4.69, 9.17) is 19.9 Å². The van der Waals surface area contributed by atoms with E-state index in [1.807, 2.05) is 56.3 Å². The van der Waals surface area contributed by atoms with Crippen molar-refractivity contribution in [1.29, 1.82) is 0 Å². The first kappa shape index (κ1) is 34.9. The molecule has 11 nitrogen and oxygen atoms in total. The first-order valence-electron chi connectivity index (χ1n) is 15.7. The molecular weight excluding hydrogens is 608 g/mol. The van der Waals surface area contributed by atoms with Crippen LogP contribution >= 0.6 is 0 Å². The Morgan fingerprint density at radius 3 is 2.35 bits per heavy atom. The van der Waals surface area contributed by atoms with Crippen LogP contribution in [0.1, 0.15) is 50.7 Å². The van der Waals surface area contributed by atoms with E-state index in [1.165, 1.54) is 16.4 Å². The molecule has 1 aliphatic rings. The molecular formula is C34H46N4O7S. The highest BCUT2D eigenvalue weighted by atomic mass is 32.2. The Labute approximate surface area is 272 Å². The number of fused-ring (bicyclic) bond motifs is 1. The summed E-state index contributed by atoms with van der Waals surface area (Å²) in [5.41, 5.74) is 8.11. The van der Waals surface area contributed by atoms with Crippen molar-refractivity contribution in [3.05, 3.63) is 77.9 Å².